The Morgan fingerprint density at radius 3 is 2.44 bits per heavy atom. The van der Waals surface area contributed by atoms with Crippen molar-refractivity contribution >= 4 is 22.7 Å². The molecule has 0 fully saturated rings. The number of nitrogens with zero attached hydrogens (tertiary/aromatic N) is 2. The van der Waals surface area contributed by atoms with E-state index in [2.05, 4.69) is 4.98 Å². The van der Waals surface area contributed by atoms with Crippen molar-refractivity contribution in [2.45, 2.75) is 12.6 Å². The van der Waals surface area contributed by atoms with Gasteiger partial charge >= 0.3 is 6.18 Å². The summed E-state index contributed by atoms with van der Waals surface area (Å²) in [5.41, 5.74) is 1.64. The second-order valence-electron chi connectivity index (χ2n) is 7.64. The third-order valence-electron chi connectivity index (χ3n) is 5.53. The van der Waals surface area contributed by atoms with Gasteiger partial charge in [0, 0.05) is 17.5 Å². The average molecular weight is 490 g/mol. The number of amidine groups is 1. The van der Waals surface area contributed by atoms with Gasteiger partial charge in [0.1, 0.15) is 16.6 Å². The molecule has 1 aromatic heterocycles. The Bertz CT molecular complexity index is 1240. The fourth-order valence-corrected chi connectivity index (χ4v) is 4.60. The zero-order chi connectivity index (χ0) is 24.5. The predicted octanol–water partition coefficient (Wildman–Crippen LogP) is 5.65. The van der Waals surface area contributed by atoms with Crippen LogP contribution in [0.1, 0.15) is 16.1 Å². The van der Waals surface area contributed by atoms with Gasteiger partial charge in [0.2, 0.25) is 0 Å². The molecule has 2 N–H and O–H groups in total. The Morgan fingerprint density at radius 1 is 1.09 bits per heavy atom. The Morgan fingerprint density at radius 2 is 1.79 bits per heavy atom. The van der Waals surface area contributed by atoms with Crippen LogP contribution in [0, 0.1) is 5.41 Å². The van der Waals surface area contributed by atoms with Crippen molar-refractivity contribution in [1.82, 2.24) is 9.88 Å². The number of aromatic nitrogens is 1. The number of rotatable bonds is 7. The molecule has 1 aliphatic heterocycles. The van der Waals surface area contributed by atoms with Gasteiger partial charge in [-0.3, -0.25) is 5.41 Å². The van der Waals surface area contributed by atoms with Crippen molar-refractivity contribution in [1.29, 1.82) is 5.41 Å². The molecule has 3 aromatic rings. The van der Waals surface area contributed by atoms with E-state index in [-0.39, 0.29) is 18.1 Å². The average Bonchev–Trinajstić information content (AvgIpc) is 3.40. The lowest BCUT2D eigenvalue weighted by Gasteiger charge is -2.18. The molecule has 4 rings (SSSR count). The molecule has 10 heteroatoms. The van der Waals surface area contributed by atoms with Gasteiger partial charge in [0.15, 0.2) is 11.5 Å². The van der Waals surface area contributed by atoms with Gasteiger partial charge in [-0.1, -0.05) is 18.2 Å². The highest BCUT2D eigenvalue weighted by molar-refractivity contribution is 7.11. The van der Waals surface area contributed by atoms with E-state index in [0.717, 1.165) is 17.7 Å². The maximum absolute atomic E-state index is 12.8. The number of halogens is 3. The number of nitrogens with one attached hydrogen (secondary N) is 1. The molecule has 0 bridgehead atoms. The van der Waals surface area contributed by atoms with Gasteiger partial charge in [0.05, 0.1) is 37.6 Å². The van der Waals surface area contributed by atoms with Crippen LogP contribution in [-0.2, 0) is 12.6 Å². The fourth-order valence-electron chi connectivity index (χ4n) is 3.70. The molecule has 0 aliphatic carbocycles. The van der Waals surface area contributed by atoms with Crippen LogP contribution in [0.2, 0.25) is 0 Å². The minimum Gasteiger partial charge on any atom is -0.510 e. The zero-order valence-corrected chi connectivity index (χ0v) is 19.3. The van der Waals surface area contributed by atoms with Crippen molar-refractivity contribution in [3.8, 4) is 22.8 Å². The van der Waals surface area contributed by atoms with Crippen LogP contribution in [0.5, 0.6) is 11.5 Å². The van der Waals surface area contributed by atoms with Gasteiger partial charge in [-0.2, -0.15) is 13.2 Å². The summed E-state index contributed by atoms with van der Waals surface area (Å²) in [6.07, 6.45) is -3.78. The molecule has 0 atom stereocenters. The maximum atomic E-state index is 12.8. The highest BCUT2D eigenvalue weighted by Gasteiger charge is 2.31. The zero-order valence-electron chi connectivity index (χ0n) is 18.4. The molecule has 178 valence electrons. The second-order valence-corrected chi connectivity index (χ2v) is 8.50. The number of benzene rings is 2. The van der Waals surface area contributed by atoms with Crippen LogP contribution in [0.4, 0.5) is 13.2 Å². The number of alkyl halides is 3. The fraction of sp³-hybridized carbons (Fsp3) is 0.250. The van der Waals surface area contributed by atoms with Crippen molar-refractivity contribution in [3.63, 3.8) is 0 Å². The number of methoxy groups -OCH3 is 2. The molecule has 6 nitrogen and oxygen atoms in total. The Kier molecular flexibility index (Phi) is 6.52. The maximum Gasteiger partial charge on any atom is 0.416 e. The Labute approximate surface area is 198 Å². The van der Waals surface area contributed by atoms with Crippen LogP contribution in [0.25, 0.3) is 16.8 Å². The monoisotopic (exact) mass is 489 g/mol. The largest absolute Gasteiger partial charge is 0.510 e. The van der Waals surface area contributed by atoms with Crippen molar-refractivity contribution in [3.05, 3.63) is 69.7 Å². The summed E-state index contributed by atoms with van der Waals surface area (Å²) in [6.45, 7) is 0.690. The summed E-state index contributed by atoms with van der Waals surface area (Å²) in [4.78, 5) is 6.22. The highest BCUT2D eigenvalue weighted by atomic mass is 32.1. The molecule has 0 radical (unpaired) electrons. The minimum absolute atomic E-state index is 0.0469. The van der Waals surface area contributed by atoms with Crippen LogP contribution in [0.3, 0.4) is 0 Å². The molecule has 2 aromatic carbocycles. The number of hydrogen-bond donors (Lipinski definition) is 2. The van der Waals surface area contributed by atoms with E-state index < -0.39 is 11.7 Å². The molecule has 34 heavy (non-hydrogen) atoms. The molecule has 2 heterocycles. The smallest absolute Gasteiger partial charge is 0.416 e. The first-order valence-electron chi connectivity index (χ1n) is 10.3. The number of aliphatic hydroxyl groups excluding tert-OH is 1. The molecule has 0 saturated heterocycles. The summed E-state index contributed by atoms with van der Waals surface area (Å²) >= 11 is 1.24. The lowest BCUT2D eigenvalue weighted by atomic mass is 10.1. The Balaban J connectivity index is 1.45. The normalized spacial score (nSPS) is 14.1. The molecular weight excluding hydrogens is 467 g/mol. The van der Waals surface area contributed by atoms with E-state index in [1.807, 2.05) is 18.2 Å². The van der Waals surface area contributed by atoms with Gasteiger partial charge in [-0.15, -0.1) is 11.3 Å². The molecule has 0 unspecified atom stereocenters. The summed E-state index contributed by atoms with van der Waals surface area (Å²) in [7, 11) is 3.14. The first-order valence-corrected chi connectivity index (χ1v) is 11.2. The van der Waals surface area contributed by atoms with Crippen molar-refractivity contribution in [2.75, 3.05) is 27.3 Å². The van der Waals surface area contributed by atoms with E-state index in [0.29, 0.717) is 46.3 Å². The summed E-state index contributed by atoms with van der Waals surface area (Å²) in [5.74, 6) is 1.46. The first kappa shape index (κ1) is 23.6. The summed E-state index contributed by atoms with van der Waals surface area (Å²) in [6, 6.07) is 10.4. The van der Waals surface area contributed by atoms with E-state index in [4.69, 9.17) is 14.9 Å². The number of aliphatic hydroxyl groups is 1. The highest BCUT2D eigenvalue weighted by Crippen LogP contribution is 2.34. The third-order valence-corrected chi connectivity index (χ3v) is 6.39. The Hall–Kier alpha value is -3.53. The van der Waals surface area contributed by atoms with Crippen molar-refractivity contribution < 1.29 is 27.8 Å². The predicted molar refractivity (Wildman–Crippen MR) is 125 cm³/mol. The van der Waals surface area contributed by atoms with Crippen LogP contribution in [-0.4, -0.2) is 48.1 Å². The van der Waals surface area contributed by atoms with Crippen LogP contribution in [0.15, 0.2) is 53.6 Å². The van der Waals surface area contributed by atoms with Crippen LogP contribution >= 0.6 is 11.3 Å². The summed E-state index contributed by atoms with van der Waals surface area (Å²) in [5, 5.41) is 21.2. The SMILES string of the molecule is COc1ccc(CCN2CC(O)=C(c3nc(-c4ccc(C(F)(F)F)cc4)cs3)C2=N)cc1OC. The van der Waals surface area contributed by atoms with Gasteiger partial charge in [-0.05, 0) is 36.2 Å². The molecule has 0 saturated carbocycles. The second kappa shape index (κ2) is 9.38. The number of hydrogen-bond acceptors (Lipinski definition) is 6. The quantitative estimate of drug-likeness (QED) is 0.448. The van der Waals surface area contributed by atoms with E-state index in [9.17, 15) is 18.3 Å². The van der Waals surface area contributed by atoms with Crippen LogP contribution < -0.4 is 9.47 Å². The lowest BCUT2D eigenvalue weighted by Crippen LogP contribution is -2.28. The minimum atomic E-state index is -4.40. The van der Waals surface area contributed by atoms with E-state index in [1.54, 1.807) is 24.5 Å². The molecule has 1 aliphatic rings. The molecular formula is C24H22F3N3O3S. The first-order chi connectivity index (χ1) is 16.2. The molecule has 0 spiro atoms. The topological polar surface area (TPSA) is 78.7 Å². The van der Waals surface area contributed by atoms with Gasteiger partial charge in [0.25, 0.3) is 0 Å². The van der Waals surface area contributed by atoms with E-state index >= 15 is 0 Å². The summed E-state index contributed by atoms with van der Waals surface area (Å²) < 4.78 is 49.0. The van der Waals surface area contributed by atoms with Gasteiger partial charge < -0.3 is 19.5 Å². The standard InChI is InChI=1S/C24H22F3N3O3S/c1-32-19-8-3-14(11-20(19)33-2)9-10-30-12-18(31)21(22(30)28)23-29-17(13-34-23)15-4-6-16(7-5-15)24(25,26)27/h3-8,11,13,28,31H,9-10,12H2,1-2H3. The van der Waals surface area contributed by atoms with Gasteiger partial charge in [-0.25, -0.2) is 4.98 Å². The lowest BCUT2D eigenvalue weighted by molar-refractivity contribution is -0.137. The van der Waals surface area contributed by atoms with Crippen molar-refractivity contribution in [2.24, 2.45) is 0 Å². The number of ether oxygens (including phenoxy) is 2. The number of thiazole rings is 1. The molecule has 0 amide bonds. The third kappa shape index (κ3) is 4.72. The van der Waals surface area contributed by atoms with E-state index in [1.165, 1.54) is 23.5 Å².